The highest BCUT2D eigenvalue weighted by Gasteiger charge is 2.45. The highest BCUT2D eigenvalue weighted by molar-refractivity contribution is 6.46. The summed E-state index contributed by atoms with van der Waals surface area (Å²) < 4.78 is 22.3. The van der Waals surface area contributed by atoms with E-state index in [0.717, 1.165) is 11.1 Å². The Hall–Kier alpha value is -4.53. The molecule has 2 heterocycles. The molecule has 0 spiro atoms. The van der Waals surface area contributed by atoms with Crippen LogP contribution in [0.4, 0.5) is 0 Å². The zero-order chi connectivity index (χ0) is 28.3. The molecular formula is C30H32N2O7. The van der Waals surface area contributed by atoms with Gasteiger partial charge < -0.3 is 29.0 Å². The molecule has 1 aromatic heterocycles. The smallest absolute Gasteiger partial charge is 0.295 e. The van der Waals surface area contributed by atoms with Crippen LogP contribution in [0.3, 0.4) is 0 Å². The van der Waals surface area contributed by atoms with Gasteiger partial charge in [0, 0.05) is 17.2 Å². The number of amides is 1. The molecule has 9 nitrogen and oxygen atoms in total. The predicted octanol–water partition coefficient (Wildman–Crippen LogP) is 3.05. The minimum absolute atomic E-state index is 0.0399. The van der Waals surface area contributed by atoms with E-state index in [1.54, 1.807) is 48.8 Å². The molecule has 9 heteroatoms. The standard InChI is InChI=1S/C30H32N2O7/c1-17(2)39-22-10-9-20(12-18(22)3)27(33)25-26(21-13-23(36-4)29(38-6)24(14-21)37-5)32(30(35)28(25)34)16-19-8-7-11-31-15-19/h7-15,17,26,33H,16H2,1-6H3. The Morgan fingerprint density at radius 2 is 1.69 bits per heavy atom. The van der Waals surface area contributed by atoms with Crippen molar-refractivity contribution in [3.63, 3.8) is 0 Å². The van der Waals surface area contributed by atoms with Gasteiger partial charge in [0.1, 0.15) is 5.75 Å². The van der Waals surface area contributed by atoms with Crippen LogP contribution >= 0.6 is 0 Å². The first-order valence-electron chi connectivity index (χ1n) is 12.5. The van der Waals surface area contributed by atoms with E-state index in [2.05, 4.69) is 4.98 Å². The number of H-pyrrole nitrogens is 1. The number of nitrogens with zero attached hydrogens (tertiary/aromatic N) is 1. The highest BCUT2D eigenvalue weighted by Crippen LogP contribution is 2.46. The van der Waals surface area contributed by atoms with Crippen molar-refractivity contribution in [1.29, 1.82) is 0 Å². The first-order chi connectivity index (χ1) is 18.7. The molecule has 1 aliphatic heterocycles. The van der Waals surface area contributed by atoms with Crippen molar-refractivity contribution in [2.45, 2.75) is 39.5 Å². The number of nitrogens with one attached hydrogen (secondary N) is 1. The van der Waals surface area contributed by atoms with E-state index >= 15 is 0 Å². The number of methoxy groups -OCH3 is 3. The van der Waals surface area contributed by atoms with Gasteiger partial charge >= 0.3 is 0 Å². The Bertz CT molecular complexity index is 1390. The van der Waals surface area contributed by atoms with Crippen LogP contribution in [0.5, 0.6) is 23.0 Å². The van der Waals surface area contributed by atoms with Crippen molar-refractivity contribution in [3.05, 3.63) is 82.7 Å². The first-order valence-corrected chi connectivity index (χ1v) is 12.5. The third-order valence-electron chi connectivity index (χ3n) is 6.46. The molecule has 1 amide bonds. The molecule has 1 fully saturated rings. The second-order valence-corrected chi connectivity index (χ2v) is 9.42. The molecule has 0 bridgehead atoms. The number of aromatic amines is 1. The zero-order valence-electron chi connectivity index (χ0n) is 22.9. The lowest BCUT2D eigenvalue weighted by Crippen LogP contribution is -2.29. The molecule has 1 atom stereocenters. The maximum atomic E-state index is 13.9. The van der Waals surface area contributed by atoms with Crippen LogP contribution in [0.1, 0.15) is 42.1 Å². The largest absolute Gasteiger partial charge is 0.872 e. The number of hydrogen-bond acceptors (Lipinski definition) is 7. The van der Waals surface area contributed by atoms with E-state index in [1.807, 2.05) is 26.8 Å². The summed E-state index contributed by atoms with van der Waals surface area (Å²) in [5.41, 5.74) is 2.12. The number of aromatic nitrogens is 1. The molecule has 0 saturated carbocycles. The van der Waals surface area contributed by atoms with Crippen LogP contribution in [0, 0.1) is 6.92 Å². The average Bonchev–Trinajstić information content (AvgIpc) is 3.18. The van der Waals surface area contributed by atoms with Crippen LogP contribution in [0.25, 0.3) is 5.76 Å². The molecule has 3 aromatic rings. The number of ketones is 1. The molecule has 39 heavy (non-hydrogen) atoms. The Morgan fingerprint density at radius 3 is 2.23 bits per heavy atom. The maximum absolute atomic E-state index is 13.9. The Labute approximate surface area is 227 Å². The number of hydrogen-bond donors (Lipinski definition) is 0. The summed E-state index contributed by atoms with van der Waals surface area (Å²) in [4.78, 5) is 31.2. The van der Waals surface area contributed by atoms with Gasteiger partial charge in [-0.15, -0.1) is 0 Å². The number of Topliss-reactive ketones (excluding diaryl/α,β-unsaturated/α-hetero) is 1. The van der Waals surface area contributed by atoms with E-state index < -0.39 is 23.5 Å². The van der Waals surface area contributed by atoms with Crippen molar-refractivity contribution < 1.29 is 38.6 Å². The number of likely N-dealkylation sites (tertiary alicyclic amines) is 1. The molecule has 1 aliphatic rings. The molecule has 1 N–H and O–H groups in total. The Kier molecular flexibility index (Phi) is 8.09. The second-order valence-electron chi connectivity index (χ2n) is 9.42. The van der Waals surface area contributed by atoms with Crippen molar-refractivity contribution in [3.8, 4) is 23.0 Å². The van der Waals surface area contributed by atoms with E-state index in [4.69, 9.17) is 18.9 Å². The van der Waals surface area contributed by atoms with Gasteiger partial charge in [0.15, 0.2) is 23.9 Å². The molecule has 0 aliphatic carbocycles. The minimum atomic E-state index is -0.988. The van der Waals surface area contributed by atoms with Gasteiger partial charge in [-0.05, 0) is 67.8 Å². The fourth-order valence-corrected chi connectivity index (χ4v) is 4.70. The lowest BCUT2D eigenvalue weighted by Gasteiger charge is -2.28. The third kappa shape index (κ3) is 5.38. The minimum Gasteiger partial charge on any atom is -0.872 e. The van der Waals surface area contributed by atoms with Gasteiger partial charge in [0.05, 0.1) is 40.0 Å². The van der Waals surface area contributed by atoms with Crippen molar-refractivity contribution >= 4 is 17.4 Å². The number of carbonyl (C=O) groups is 2. The first kappa shape index (κ1) is 27.5. The molecule has 4 rings (SSSR count). The summed E-state index contributed by atoms with van der Waals surface area (Å²) in [6.07, 6.45) is 3.44. The SMILES string of the molecule is COc1cc(C2C(=C([O-])c3ccc(OC(C)C)c(C)c3)C(=O)C(=O)N2Cc2ccc[nH+]c2)cc(OC)c1OC. The fraction of sp³-hybridized carbons (Fsp3) is 0.300. The van der Waals surface area contributed by atoms with Crippen molar-refractivity contribution in [1.82, 2.24) is 4.90 Å². The van der Waals surface area contributed by atoms with Crippen molar-refractivity contribution in [2.24, 2.45) is 0 Å². The van der Waals surface area contributed by atoms with Crippen LogP contribution in [0.15, 0.2) is 60.4 Å². The summed E-state index contributed by atoms with van der Waals surface area (Å²) >= 11 is 0. The highest BCUT2D eigenvalue weighted by atomic mass is 16.5. The van der Waals surface area contributed by atoms with Crippen LogP contribution in [0.2, 0.25) is 0 Å². The quantitative estimate of drug-likeness (QED) is 0.237. The zero-order valence-corrected chi connectivity index (χ0v) is 22.9. The average molecular weight is 533 g/mol. The number of benzene rings is 2. The topological polar surface area (TPSA) is 112 Å². The number of rotatable bonds is 9. The second kappa shape index (κ2) is 11.5. The van der Waals surface area contributed by atoms with E-state index in [9.17, 15) is 14.7 Å². The van der Waals surface area contributed by atoms with Gasteiger partial charge in [-0.3, -0.25) is 9.59 Å². The summed E-state index contributed by atoms with van der Waals surface area (Å²) in [6, 6.07) is 10.9. The molecule has 204 valence electrons. The van der Waals surface area contributed by atoms with Gasteiger partial charge in [-0.2, -0.15) is 0 Å². The summed E-state index contributed by atoms with van der Waals surface area (Å²) in [7, 11) is 4.43. The number of ether oxygens (including phenoxy) is 4. The van der Waals surface area contributed by atoms with Crippen molar-refractivity contribution in [2.75, 3.05) is 21.3 Å². The van der Waals surface area contributed by atoms with Crippen LogP contribution < -0.4 is 29.0 Å². The molecule has 2 aromatic carbocycles. The molecule has 1 saturated heterocycles. The van der Waals surface area contributed by atoms with Gasteiger partial charge in [0.2, 0.25) is 11.5 Å². The van der Waals surface area contributed by atoms with E-state index in [0.29, 0.717) is 28.6 Å². The summed E-state index contributed by atoms with van der Waals surface area (Å²) in [5.74, 6) is -0.477. The monoisotopic (exact) mass is 532 g/mol. The van der Waals surface area contributed by atoms with E-state index in [1.165, 1.54) is 26.2 Å². The molecule has 1 unspecified atom stereocenters. The number of pyridine rings is 1. The van der Waals surface area contributed by atoms with Gasteiger partial charge in [-0.1, -0.05) is 11.8 Å². The summed E-state index contributed by atoms with van der Waals surface area (Å²) in [5, 5.41) is 13.9. The summed E-state index contributed by atoms with van der Waals surface area (Å²) in [6.45, 7) is 5.76. The fourth-order valence-electron chi connectivity index (χ4n) is 4.70. The molecular weight excluding hydrogens is 500 g/mol. The maximum Gasteiger partial charge on any atom is 0.295 e. The molecule has 0 radical (unpaired) electrons. The Balaban J connectivity index is 1.92. The van der Waals surface area contributed by atoms with Gasteiger partial charge in [0.25, 0.3) is 5.91 Å². The Morgan fingerprint density at radius 1 is 1.00 bits per heavy atom. The van der Waals surface area contributed by atoms with E-state index in [-0.39, 0.29) is 23.8 Å². The normalized spacial score (nSPS) is 16.5. The van der Waals surface area contributed by atoms with Crippen LogP contribution in [-0.2, 0) is 16.1 Å². The number of carbonyl (C=O) groups excluding carboxylic acids is 2. The lowest BCUT2D eigenvalue weighted by molar-refractivity contribution is -0.378. The number of aryl methyl sites for hydroxylation is 1. The predicted molar refractivity (Wildman–Crippen MR) is 141 cm³/mol. The third-order valence-corrected chi connectivity index (χ3v) is 6.46. The lowest BCUT2D eigenvalue weighted by atomic mass is 9.94. The van der Waals surface area contributed by atoms with Gasteiger partial charge in [-0.25, -0.2) is 4.98 Å². The van der Waals surface area contributed by atoms with Crippen LogP contribution in [-0.4, -0.2) is 44.0 Å².